The third kappa shape index (κ3) is 2.79. The van der Waals surface area contributed by atoms with Crippen molar-refractivity contribution in [2.45, 2.75) is 38.9 Å². The van der Waals surface area contributed by atoms with Crippen LogP contribution >= 0.6 is 24.4 Å². The van der Waals surface area contributed by atoms with Gasteiger partial charge in [0.1, 0.15) is 0 Å². The van der Waals surface area contributed by atoms with Crippen LogP contribution in [0.1, 0.15) is 33.3 Å². The van der Waals surface area contributed by atoms with Crippen molar-refractivity contribution in [3.8, 4) is 0 Å². The molecule has 1 aliphatic heterocycles. The standard InChI is InChI=1S/C14H17BO2S2/c1-13(2)14(3,4)17-15(16-13)12(19)11(18)10-8-6-5-7-9-10/h5-9H,1-4H3. The highest BCUT2D eigenvalue weighted by Gasteiger charge is 2.53. The second-order valence-electron chi connectivity index (χ2n) is 5.65. The Morgan fingerprint density at radius 2 is 1.42 bits per heavy atom. The molecule has 1 aromatic rings. The summed E-state index contributed by atoms with van der Waals surface area (Å²) >= 11 is 10.9. The zero-order valence-electron chi connectivity index (χ0n) is 11.6. The van der Waals surface area contributed by atoms with Gasteiger partial charge in [0.25, 0.3) is 0 Å². The maximum absolute atomic E-state index is 5.92. The number of hydrogen-bond donors (Lipinski definition) is 0. The van der Waals surface area contributed by atoms with Gasteiger partial charge in [0.05, 0.1) is 20.8 Å². The van der Waals surface area contributed by atoms with E-state index in [1.807, 2.05) is 58.0 Å². The summed E-state index contributed by atoms with van der Waals surface area (Å²) in [5.41, 5.74) is 0.138. The maximum Gasteiger partial charge on any atom is 0.507 e. The van der Waals surface area contributed by atoms with E-state index >= 15 is 0 Å². The largest absolute Gasteiger partial charge is 0.507 e. The third-order valence-electron chi connectivity index (χ3n) is 3.73. The predicted octanol–water partition coefficient (Wildman–Crippen LogP) is 3.41. The van der Waals surface area contributed by atoms with Crippen LogP contribution in [0.5, 0.6) is 0 Å². The minimum atomic E-state index is -0.548. The van der Waals surface area contributed by atoms with Crippen molar-refractivity contribution in [2.75, 3.05) is 0 Å². The highest BCUT2D eigenvalue weighted by molar-refractivity contribution is 7.92. The first-order valence-electron chi connectivity index (χ1n) is 6.24. The fourth-order valence-electron chi connectivity index (χ4n) is 1.79. The fourth-order valence-corrected chi connectivity index (χ4v) is 2.24. The molecule has 0 unspecified atom stereocenters. The molecule has 1 heterocycles. The van der Waals surface area contributed by atoms with E-state index in [-0.39, 0.29) is 0 Å². The molecule has 0 saturated carbocycles. The highest BCUT2D eigenvalue weighted by Crippen LogP contribution is 2.37. The van der Waals surface area contributed by atoms with Crippen molar-refractivity contribution >= 4 is 41.2 Å². The normalized spacial score (nSPS) is 20.3. The van der Waals surface area contributed by atoms with Crippen molar-refractivity contribution in [1.29, 1.82) is 0 Å². The van der Waals surface area contributed by atoms with Crippen LogP contribution in [0.4, 0.5) is 0 Å². The molecular formula is C14H17BO2S2. The van der Waals surface area contributed by atoms with Crippen molar-refractivity contribution < 1.29 is 9.31 Å². The molecule has 5 heteroatoms. The first kappa shape index (κ1) is 14.8. The molecule has 2 rings (SSSR count). The molecule has 0 aromatic heterocycles. The smallest absolute Gasteiger partial charge is 0.399 e. The minimum absolute atomic E-state index is 0.395. The van der Waals surface area contributed by atoms with Crippen LogP contribution < -0.4 is 0 Å². The lowest BCUT2D eigenvalue weighted by Crippen LogP contribution is -2.41. The van der Waals surface area contributed by atoms with Gasteiger partial charge in [0.15, 0.2) is 0 Å². The quantitative estimate of drug-likeness (QED) is 0.482. The molecule has 0 aliphatic carbocycles. The van der Waals surface area contributed by atoms with Crippen LogP contribution in [0, 0.1) is 0 Å². The van der Waals surface area contributed by atoms with Crippen molar-refractivity contribution in [3.05, 3.63) is 35.9 Å². The summed E-state index contributed by atoms with van der Waals surface area (Å²) in [7, 11) is -0.548. The average Bonchev–Trinajstić information content (AvgIpc) is 2.58. The molecule has 0 bridgehead atoms. The van der Waals surface area contributed by atoms with Crippen LogP contribution in [-0.4, -0.2) is 27.9 Å². The van der Waals surface area contributed by atoms with E-state index in [1.165, 1.54) is 0 Å². The van der Waals surface area contributed by atoms with E-state index in [4.69, 9.17) is 33.7 Å². The Balaban J connectivity index is 2.17. The van der Waals surface area contributed by atoms with E-state index in [0.29, 0.717) is 9.63 Å². The second-order valence-corrected chi connectivity index (χ2v) is 6.50. The molecule has 0 amide bonds. The molecule has 100 valence electrons. The minimum Gasteiger partial charge on any atom is -0.399 e. The number of rotatable bonds is 3. The predicted molar refractivity (Wildman–Crippen MR) is 86.8 cm³/mol. The number of benzene rings is 1. The second kappa shape index (κ2) is 5.06. The molecule has 2 nitrogen and oxygen atoms in total. The SMILES string of the molecule is CC1(C)OB(C(=S)C(=S)c2ccccc2)OC1(C)C. The van der Waals surface area contributed by atoms with E-state index < -0.39 is 18.3 Å². The van der Waals surface area contributed by atoms with Crippen molar-refractivity contribution in [2.24, 2.45) is 0 Å². The monoisotopic (exact) mass is 292 g/mol. The van der Waals surface area contributed by atoms with Crippen LogP contribution in [0.3, 0.4) is 0 Å². The maximum atomic E-state index is 5.92. The van der Waals surface area contributed by atoms with Crippen molar-refractivity contribution in [1.82, 2.24) is 0 Å². The zero-order valence-corrected chi connectivity index (χ0v) is 13.2. The van der Waals surface area contributed by atoms with Gasteiger partial charge in [-0.25, -0.2) is 0 Å². The molecule has 19 heavy (non-hydrogen) atoms. The summed E-state index contributed by atoms with van der Waals surface area (Å²) in [6, 6.07) is 9.71. The van der Waals surface area contributed by atoms with Gasteiger partial charge in [-0.3, -0.25) is 0 Å². The van der Waals surface area contributed by atoms with Gasteiger partial charge in [-0.2, -0.15) is 0 Å². The summed E-state index contributed by atoms with van der Waals surface area (Å²) in [5, 5.41) is 0. The fraction of sp³-hybridized carbons (Fsp3) is 0.429. The van der Waals surface area contributed by atoms with E-state index in [2.05, 4.69) is 0 Å². The summed E-state index contributed by atoms with van der Waals surface area (Å²) < 4.78 is 12.4. The summed E-state index contributed by atoms with van der Waals surface area (Å²) in [4.78, 5) is 0.620. The Labute approximate surface area is 125 Å². The average molecular weight is 292 g/mol. The summed E-state index contributed by atoms with van der Waals surface area (Å²) in [5.74, 6) is 0. The molecule has 1 aliphatic rings. The van der Waals surface area contributed by atoms with Crippen LogP contribution in [0.2, 0.25) is 0 Å². The van der Waals surface area contributed by atoms with Gasteiger partial charge in [-0.05, 0) is 33.3 Å². The van der Waals surface area contributed by atoms with E-state index in [1.54, 1.807) is 0 Å². The Morgan fingerprint density at radius 3 is 1.89 bits per heavy atom. The van der Waals surface area contributed by atoms with Crippen molar-refractivity contribution in [3.63, 3.8) is 0 Å². The Kier molecular flexibility index (Phi) is 3.93. The summed E-state index contributed by atoms with van der Waals surface area (Å²) in [6.07, 6.45) is 0. The number of thiocarbonyl (C=S) groups is 2. The molecule has 1 saturated heterocycles. The topological polar surface area (TPSA) is 18.5 Å². The molecule has 0 spiro atoms. The molecule has 0 N–H and O–H groups in total. The molecular weight excluding hydrogens is 275 g/mol. The number of hydrogen-bond acceptors (Lipinski definition) is 4. The van der Waals surface area contributed by atoms with Gasteiger partial charge < -0.3 is 9.31 Å². The molecule has 0 atom stereocenters. The van der Waals surface area contributed by atoms with Gasteiger partial charge in [-0.15, -0.1) is 0 Å². The highest BCUT2D eigenvalue weighted by atomic mass is 32.1. The van der Waals surface area contributed by atoms with Crippen LogP contribution in [0.15, 0.2) is 30.3 Å². The third-order valence-corrected chi connectivity index (χ3v) is 4.71. The Morgan fingerprint density at radius 1 is 0.947 bits per heavy atom. The lowest BCUT2D eigenvalue weighted by atomic mass is 9.81. The zero-order chi connectivity index (χ0) is 14.3. The molecule has 0 radical (unpaired) electrons. The first-order chi connectivity index (χ1) is 8.74. The molecule has 1 aromatic carbocycles. The van der Waals surface area contributed by atoms with E-state index in [9.17, 15) is 0 Å². The Hall–Kier alpha value is -0.615. The van der Waals surface area contributed by atoms with Gasteiger partial charge in [0, 0.05) is 0 Å². The Bertz CT molecular complexity index is 495. The van der Waals surface area contributed by atoms with Gasteiger partial charge >= 0.3 is 7.12 Å². The lowest BCUT2D eigenvalue weighted by molar-refractivity contribution is 0.00578. The first-order valence-corrected chi connectivity index (χ1v) is 7.05. The summed E-state index contributed by atoms with van der Waals surface area (Å²) in [6.45, 7) is 8.00. The van der Waals surface area contributed by atoms with Gasteiger partial charge in [-0.1, -0.05) is 54.8 Å². The van der Waals surface area contributed by atoms with Crippen LogP contribution in [-0.2, 0) is 9.31 Å². The lowest BCUT2D eigenvalue weighted by Gasteiger charge is -2.32. The van der Waals surface area contributed by atoms with E-state index in [0.717, 1.165) is 5.56 Å². The van der Waals surface area contributed by atoms with Gasteiger partial charge in [0.2, 0.25) is 0 Å². The van der Waals surface area contributed by atoms with Crippen LogP contribution in [0.25, 0.3) is 0 Å². The molecule has 1 fully saturated rings.